The van der Waals surface area contributed by atoms with Crippen molar-refractivity contribution in [1.82, 2.24) is 0 Å². The van der Waals surface area contributed by atoms with Crippen molar-refractivity contribution >= 4 is 28.5 Å². The Labute approximate surface area is 163 Å². The average Bonchev–Trinajstić information content (AvgIpc) is 3.05. The van der Waals surface area contributed by atoms with Crippen LogP contribution in [-0.4, -0.2) is 24.6 Å². The molecule has 3 aromatic rings. The Bertz CT molecular complexity index is 992. The maximum absolute atomic E-state index is 12.4. The first kappa shape index (κ1) is 19.5. The average molecular weight is 381 g/mol. The lowest BCUT2D eigenvalue weighted by molar-refractivity contribution is -0.152. The number of benzene rings is 2. The number of rotatable bonds is 7. The summed E-state index contributed by atoms with van der Waals surface area (Å²) in [5.41, 5.74) is 3.07. The second kappa shape index (κ2) is 8.61. The molecule has 0 fully saturated rings. The van der Waals surface area contributed by atoms with Crippen LogP contribution >= 0.6 is 0 Å². The van der Waals surface area contributed by atoms with Crippen LogP contribution < -0.4 is 10.1 Å². The van der Waals surface area contributed by atoms with Gasteiger partial charge in [0.1, 0.15) is 11.3 Å². The number of ether oxygens (including phenoxy) is 2. The quantitative estimate of drug-likeness (QED) is 0.619. The normalized spacial score (nSPS) is 11.8. The van der Waals surface area contributed by atoms with Gasteiger partial charge in [0.05, 0.1) is 25.0 Å². The van der Waals surface area contributed by atoms with Crippen molar-refractivity contribution in [1.29, 1.82) is 0 Å². The second-order valence-corrected chi connectivity index (χ2v) is 6.49. The van der Waals surface area contributed by atoms with Gasteiger partial charge in [-0.2, -0.15) is 0 Å². The molecule has 0 aliphatic carbocycles. The first-order valence-corrected chi connectivity index (χ1v) is 9.16. The zero-order valence-corrected chi connectivity index (χ0v) is 16.2. The zero-order valence-electron chi connectivity index (χ0n) is 16.2. The lowest BCUT2D eigenvalue weighted by Crippen LogP contribution is -2.30. The summed E-state index contributed by atoms with van der Waals surface area (Å²) in [6, 6.07) is 12.9. The van der Waals surface area contributed by atoms with E-state index in [0.717, 1.165) is 22.1 Å². The van der Waals surface area contributed by atoms with Crippen molar-refractivity contribution in [2.75, 3.05) is 11.9 Å². The topological polar surface area (TPSA) is 77.8 Å². The molecule has 28 heavy (non-hydrogen) atoms. The molecule has 0 spiro atoms. The molecular weight excluding hydrogens is 358 g/mol. The Morgan fingerprint density at radius 2 is 1.96 bits per heavy atom. The summed E-state index contributed by atoms with van der Waals surface area (Å²) in [5, 5.41) is 3.60. The van der Waals surface area contributed by atoms with Gasteiger partial charge in [-0.15, -0.1) is 0 Å². The van der Waals surface area contributed by atoms with Gasteiger partial charge in [0.2, 0.25) is 0 Å². The van der Waals surface area contributed by atoms with Crippen LogP contribution in [0.5, 0.6) is 5.75 Å². The number of carbonyl (C=O) groups excluding carboxylic acids is 2. The van der Waals surface area contributed by atoms with E-state index in [4.69, 9.17) is 13.9 Å². The van der Waals surface area contributed by atoms with Crippen LogP contribution in [0.15, 0.2) is 53.1 Å². The Kier molecular flexibility index (Phi) is 5.99. The highest BCUT2D eigenvalue weighted by Gasteiger charge is 2.20. The van der Waals surface area contributed by atoms with Gasteiger partial charge in [0, 0.05) is 10.9 Å². The van der Waals surface area contributed by atoms with E-state index in [2.05, 4.69) is 5.32 Å². The molecule has 1 N–H and O–H groups in total. The Morgan fingerprint density at radius 3 is 2.75 bits per heavy atom. The molecule has 1 aromatic heterocycles. The van der Waals surface area contributed by atoms with Crippen LogP contribution in [0.25, 0.3) is 11.0 Å². The maximum Gasteiger partial charge on any atom is 0.311 e. The molecule has 0 saturated heterocycles. The number of amides is 1. The number of fused-ring (bicyclic) bond motifs is 1. The molecule has 0 bridgehead atoms. The molecule has 1 amide bonds. The number of aryl methyl sites for hydroxylation is 1. The Morgan fingerprint density at radius 1 is 1.18 bits per heavy atom. The molecule has 1 unspecified atom stereocenters. The molecule has 0 saturated carbocycles. The third kappa shape index (κ3) is 4.52. The molecule has 0 aliphatic heterocycles. The molecule has 0 aliphatic rings. The zero-order chi connectivity index (χ0) is 20.1. The smallest absolute Gasteiger partial charge is 0.311 e. The van der Waals surface area contributed by atoms with E-state index in [1.54, 1.807) is 24.5 Å². The van der Waals surface area contributed by atoms with Crippen LogP contribution in [-0.2, 0) is 20.7 Å². The minimum atomic E-state index is -0.942. The van der Waals surface area contributed by atoms with E-state index < -0.39 is 18.0 Å². The van der Waals surface area contributed by atoms with Crippen LogP contribution in [0.2, 0.25) is 0 Å². The maximum atomic E-state index is 12.4. The second-order valence-electron chi connectivity index (χ2n) is 6.49. The molecule has 2 aromatic carbocycles. The van der Waals surface area contributed by atoms with Crippen LogP contribution in [0, 0.1) is 6.92 Å². The Balaban J connectivity index is 1.61. The van der Waals surface area contributed by atoms with Crippen LogP contribution in [0.4, 0.5) is 5.69 Å². The number of nitrogens with one attached hydrogen (secondary N) is 1. The fraction of sp³-hybridized carbons (Fsp3) is 0.273. The number of hydrogen-bond acceptors (Lipinski definition) is 5. The number of anilines is 1. The van der Waals surface area contributed by atoms with E-state index >= 15 is 0 Å². The van der Waals surface area contributed by atoms with Crippen molar-refractivity contribution < 1.29 is 23.5 Å². The highest BCUT2D eigenvalue weighted by atomic mass is 16.5. The van der Waals surface area contributed by atoms with Gasteiger partial charge in [0.15, 0.2) is 6.10 Å². The monoisotopic (exact) mass is 381 g/mol. The first-order valence-electron chi connectivity index (χ1n) is 9.16. The van der Waals surface area contributed by atoms with Crippen molar-refractivity contribution in [3.05, 3.63) is 59.9 Å². The van der Waals surface area contributed by atoms with E-state index in [1.807, 2.05) is 38.1 Å². The van der Waals surface area contributed by atoms with E-state index in [1.165, 1.54) is 6.92 Å². The van der Waals surface area contributed by atoms with Crippen molar-refractivity contribution in [3.63, 3.8) is 0 Å². The van der Waals surface area contributed by atoms with Crippen molar-refractivity contribution in [3.8, 4) is 5.75 Å². The summed E-state index contributed by atoms with van der Waals surface area (Å²) in [6.45, 7) is 5.85. The number of esters is 1. The van der Waals surface area contributed by atoms with Gasteiger partial charge in [0.25, 0.3) is 5.91 Å². The molecule has 1 atom stereocenters. The standard InChI is InChI=1S/C22H23NO5/c1-4-26-19-8-6-5-7-18(19)23-22(25)15(3)28-21(24)12-16-13-27-20-11-14(2)9-10-17(16)20/h5-11,13,15H,4,12H2,1-3H3,(H,23,25). The SMILES string of the molecule is CCOc1ccccc1NC(=O)C(C)OC(=O)Cc1coc2cc(C)ccc12. The highest BCUT2D eigenvalue weighted by molar-refractivity contribution is 5.96. The van der Waals surface area contributed by atoms with Gasteiger partial charge in [-0.3, -0.25) is 9.59 Å². The lowest BCUT2D eigenvalue weighted by Gasteiger charge is -2.15. The summed E-state index contributed by atoms with van der Waals surface area (Å²) >= 11 is 0. The van der Waals surface area contributed by atoms with Gasteiger partial charge in [-0.05, 0) is 44.5 Å². The van der Waals surface area contributed by atoms with Gasteiger partial charge in [-0.1, -0.05) is 24.3 Å². The summed E-state index contributed by atoms with van der Waals surface area (Å²) in [7, 11) is 0. The highest BCUT2D eigenvalue weighted by Crippen LogP contribution is 2.25. The summed E-state index contributed by atoms with van der Waals surface area (Å²) in [4.78, 5) is 24.7. The molecule has 3 rings (SSSR count). The van der Waals surface area contributed by atoms with Crippen molar-refractivity contribution in [2.45, 2.75) is 33.3 Å². The lowest BCUT2D eigenvalue weighted by atomic mass is 10.1. The predicted molar refractivity (Wildman–Crippen MR) is 106 cm³/mol. The number of furan rings is 1. The fourth-order valence-corrected chi connectivity index (χ4v) is 2.86. The third-order valence-electron chi connectivity index (χ3n) is 4.27. The predicted octanol–water partition coefficient (Wildman–Crippen LogP) is 4.25. The van der Waals surface area contributed by atoms with Crippen LogP contribution in [0.3, 0.4) is 0 Å². The molecule has 146 valence electrons. The van der Waals surface area contributed by atoms with Gasteiger partial charge < -0.3 is 19.2 Å². The molecule has 0 radical (unpaired) electrons. The minimum Gasteiger partial charge on any atom is -0.492 e. The molecular formula is C22H23NO5. The Hall–Kier alpha value is -3.28. The van der Waals surface area contributed by atoms with E-state index in [0.29, 0.717) is 18.0 Å². The minimum absolute atomic E-state index is 0.0310. The molecule has 1 heterocycles. The molecule has 6 heteroatoms. The largest absolute Gasteiger partial charge is 0.492 e. The molecule has 6 nitrogen and oxygen atoms in total. The fourth-order valence-electron chi connectivity index (χ4n) is 2.86. The summed E-state index contributed by atoms with van der Waals surface area (Å²) in [6.07, 6.45) is 0.639. The number of para-hydroxylation sites is 2. The summed E-state index contributed by atoms with van der Waals surface area (Å²) < 4.78 is 16.3. The van der Waals surface area contributed by atoms with Gasteiger partial charge >= 0.3 is 5.97 Å². The van der Waals surface area contributed by atoms with Crippen molar-refractivity contribution in [2.24, 2.45) is 0 Å². The summed E-state index contributed by atoms with van der Waals surface area (Å²) in [5.74, 6) is -0.353. The number of carbonyl (C=O) groups is 2. The van der Waals surface area contributed by atoms with Crippen LogP contribution in [0.1, 0.15) is 25.0 Å². The van der Waals surface area contributed by atoms with Gasteiger partial charge in [-0.25, -0.2) is 0 Å². The van der Waals surface area contributed by atoms with E-state index in [9.17, 15) is 9.59 Å². The van der Waals surface area contributed by atoms with E-state index in [-0.39, 0.29) is 6.42 Å². The first-order chi connectivity index (χ1) is 13.5. The third-order valence-corrected chi connectivity index (χ3v) is 4.27. The number of hydrogen-bond donors (Lipinski definition) is 1.